The maximum Gasteiger partial charge on any atom is 0.259 e. The molecule has 2 heterocycles. The Morgan fingerprint density at radius 2 is 2.43 bits per heavy atom. The van der Waals surface area contributed by atoms with Crippen LogP contribution in [-0.4, -0.2) is 9.97 Å². The van der Waals surface area contributed by atoms with Crippen molar-refractivity contribution in [3.05, 3.63) is 27.6 Å². The molecule has 0 amide bonds. The standard InChI is InChI=1S/C10H10N2OS/c13-9-7-3-4-14-10(7)12-8(11-9)5-6-1-2-6/h3-4,6H,1-2,5H2,(H,11,12,13). The van der Waals surface area contributed by atoms with Crippen molar-refractivity contribution in [2.75, 3.05) is 0 Å². The molecule has 1 fully saturated rings. The summed E-state index contributed by atoms with van der Waals surface area (Å²) in [5.41, 5.74) is 0.00639. The van der Waals surface area contributed by atoms with E-state index in [1.54, 1.807) is 0 Å². The van der Waals surface area contributed by atoms with E-state index in [-0.39, 0.29) is 5.56 Å². The SMILES string of the molecule is O=c1[nH]c(CC2CC2)nc2sccc12. The summed E-state index contributed by atoms with van der Waals surface area (Å²) in [6.07, 6.45) is 3.50. The first-order valence-corrected chi connectivity index (χ1v) is 5.67. The van der Waals surface area contributed by atoms with E-state index in [0.29, 0.717) is 0 Å². The Morgan fingerprint density at radius 1 is 1.57 bits per heavy atom. The van der Waals surface area contributed by atoms with E-state index in [2.05, 4.69) is 9.97 Å². The van der Waals surface area contributed by atoms with Crippen molar-refractivity contribution in [3.8, 4) is 0 Å². The molecule has 1 saturated carbocycles. The van der Waals surface area contributed by atoms with E-state index in [9.17, 15) is 4.79 Å². The van der Waals surface area contributed by atoms with Crippen molar-refractivity contribution in [1.82, 2.24) is 9.97 Å². The van der Waals surface area contributed by atoms with Gasteiger partial charge >= 0.3 is 0 Å². The predicted octanol–water partition coefficient (Wildman–Crippen LogP) is 1.94. The van der Waals surface area contributed by atoms with Gasteiger partial charge in [-0.1, -0.05) is 0 Å². The van der Waals surface area contributed by atoms with Gasteiger partial charge in [0.2, 0.25) is 0 Å². The molecule has 2 aromatic rings. The molecule has 0 aliphatic heterocycles. The lowest BCUT2D eigenvalue weighted by molar-refractivity contribution is 0.772. The predicted molar refractivity (Wildman–Crippen MR) is 56.7 cm³/mol. The van der Waals surface area contributed by atoms with Crippen LogP contribution in [0.2, 0.25) is 0 Å². The lowest BCUT2D eigenvalue weighted by Crippen LogP contribution is -2.10. The summed E-state index contributed by atoms with van der Waals surface area (Å²) in [5, 5.41) is 2.63. The van der Waals surface area contributed by atoms with Crippen molar-refractivity contribution in [3.63, 3.8) is 0 Å². The number of nitrogens with one attached hydrogen (secondary N) is 1. The Bertz CT molecular complexity index is 524. The Kier molecular flexibility index (Phi) is 1.70. The number of fused-ring (bicyclic) bond motifs is 1. The number of nitrogens with zero attached hydrogens (tertiary/aromatic N) is 1. The normalized spacial score (nSPS) is 16.3. The largest absolute Gasteiger partial charge is 0.310 e. The molecule has 1 aliphatic carbocycles. The average molecular weight is 206 g/mol. The van der Waals surface area contributed by atoms with Crippen LogP contribution in [0.25, 0.3) is 10.2 Å². The quantitative estimate of drug-likeness (QED) is 0.816. The first kappa shape index (κ1) is 8.17. The minimum atomic E-state index is 0.00639. The first-order chi connectivity index (χ1) is 6.83. The average Bonchev–Trinajstić information content (AvgIpc) is 2.82. The second-order valence-electron chi connectivity index (χ2n) is 3.80. The lowest BCUT2D eigenvalue weighted by Gasteiger charge is -1.97. The van der Waals surface area contributed by atoms with Crippen molar-refractivity contribution in [2.45, 2.75) is 19.3 Å². The zero-order valence-corrected chi connectivity index (χ0v) is 8.43. The Hall–Kier alpha value is -1.16. The highest BCUT2D eigenvalue weighted by atomic mass is 32.1. The smallest absolute Gasteiger partial charge is 0.259 e. The van der Waals surface area contributed by atoms with Crippen LogP contribution in [0, 0.1) is 5.92 Å². The topological polar surface area (TPSA) is 45.8 Å². The van der Waals surface area contributed by atoms with Gasteiger partial charge in [-0.25, -0.2) is 4.98 Å². The van der Waals surface area contributed by atoms with Crippen LogP contribution in [0.3, 0.4) is 0 Å². The van der Waals surface area contributed by atoms with Gasteiger partial charge in [0, 0.05) is 6.42 Å². The molecule has 2 aromatic heterocycles. The first-order valence-electron chi connectivity index (χ1n) is 4.79. The third-order valence-corrected chi connectivity index (χ3v) is 3.37. The van der Waals surface area contributed by atoms with Crippen LogP contribution in [-0.2, 0) is 6.42 Å². The Morgan fingerprint density at radius 3 is 3.21 bits per heavy atom. The molecule has 1 aliphatic rings. The van der Waals surface area contributed by atoms with Gasteiger partial charge in [-0.05, 0) is 30.2 Å². The third kappa shape index (κ3) is 1.35. The Balaban J connectivity index is 2.11. The van der Waals surface area contributed by atoms with Crippen LogP contribution in [0.5, 0.6) is 0 Å². The maximum atomic E-state index is 11.6. The fraction of sp³-hybridized carbons (Fsp3) is 0.400. The van der Waals surface area contributed by atoms with Gasteiger partial charge in [0.1, 0.15) is 10.7 Å². The molecule has 14 heavy (non-hydrogen) atoms. The summed E-state index contributed by atoms with van der Waals surface area (Å²) in [7, 11) is 0. The zero-order chi connectivity index (χ0) is 9.54. The highest BCUT2D eigenvalue weighted by Crippen LogP contribution is 2.31. The summed E-state index contributed by atoms with van der Waals surface area (Å²) in [6, 6.07) is 1.83. The fourth-order valence-corrected chi connectivity index (χ4v) is 2.39. The van der Waals surface area contributed by atoms with Crippen molar-refractivity contribution in [2.24, 2.45) is 5.92 Å². The number of aromatic amines is 1. The molecular weight excluding hydrogens is 196 g/mol. The summed E-state index contributed by atoms with van der Waals surface area (Å²) in [5.74, 6) is 1.61. The molecule has 3 rings (SSSR count). The van der Waals surface area contributed by atoms with Gasteiger partial charge in [0.05, 0.1) is 5.39 Å². The summed E-state index contributed by atoms with van der Waals surface area (Å²) >= 11 is 1.53. The molecule has 0 saturated heterocycles. The minimum absolute atomic E-state index is 0.00639. The molecule has 0 aromatic carbocycles. The van der Waals surface area contributed by atoms with Crippen LogP contribution in [0.4, 0.5) is 0 Å². The number of thiophene rings is 1. The molecule has 4 heteroatoms. The van der Waals surface area contributed by atoms with Crippen LogP contribution in [0.15, 0.2) is 16.2 Å². The van der Waals surface area contributed by atoms with Gasteiger partial charge in [-0.2, -0.15) is 0 Å². The molecular formula is C10H10N2OS. The van der Waals surface area contributed by atoms with Crippen LogP contribution in [0.1, 0.15) is 18.7 Å². The van der Waals surface area contributed by atoms with E-state index >= 15 is 0 Å². The van der Waals surface area contributed by atoms with Crippen molar-refractivity contribution in [1.29, 1.82) is 0 Å². The van der Waals surface area contributed by atoms with E-state index < -0.39 is 0 Å². The molecule has 3 nitrogen and oxygen atoms in total. The second kappa shape index (κ2) is 2.92. The zero-order valence-electron chi connectivity index (χ0n) is 7.62. The van der Waals surface area contributed by atoms with Crippen molar-refractivity contribution >= 4 is 21.6 Å². The number of hydrogen-bond donors (Lipinski definition) is 1. The third-order valence-electron chi connectivity index (χ3n) is 2.56. The van der Waals surface area contributed by atoms with Gasteiger partial charge in [0.15, 0.2) is 0 Å². The number of rotatable bonds is 2. The van der Waals surface area contributed by atoms with Crippen molar-refractivity contribution < 1.29 is 0 Å². The van der Waals surface area contributed by atoms with Gasteiger partial charge < -0.3 is 4.98 Å². The van der Waals surface area contributed by atoms with E-state index in [1.165, 1.54) is 24.2 Å². The molecule has 0 atom stereocenters. The van der Waals surface area contributed by atoms with Gasteiger partial charge in [0.25, 0.3) is 5.56 Å². The number of H-pyrrole nitrogens is 1. The molecule has 1 N–H and O–H groups in total. The summed E-state index contributed by atoms with van der Waals surface area (Å²) < 4.78 is 0. The van der Waals surface area contributed by atoms with E-state index in [0.717, 1.165) is 28.4 Å². The number of aromatic nitrogens is 2. The highest BCUT2D eigenvalue weighted by molar-refractivity contribution is 7.16. The summed E-state index contributed by atoms with van der Waals surface area (Å²) in [4.78, 5) is 19.7. The highest BCUT2D eigenvalue weighted by Gasteiger charge is 2.22. The van der Waals surface area contributed by atoms with E-state index in [1.807, 2.05) is 11.4 Å². The molecule has 0 bridgehead atoms. The van der Waals surface area contributed by atoms with Crippen LogP contribution >= 0.6 is 11.3 Å². The summed E-state index contributed by atoms with van der Waals surface area (Å²) in [6.45, 7) is 0. The molecule has 0 unspecified atom stereocenters. The monoisotopic (exact) mass is 206 g/mol. The second-order valence-corrected chi connectivity index (χ2v) is 4.69. The van der Waals surface area contributed by atoms with Gasteiger partial charge in [-0.3, -0.25) is 4.79 Å². The molecule has 72 valence electrons. The minimum Gasteiger partial charge on any atom is -0.310 e. The Labute approximate surface area is 84.8 Å². The van der Waals surface area contributed by atoms with Gasteiger partial charge in [-0.15, -0.1) is 11.3 Å². The van der Waals surface area contributed by atoms with E-state index in [4.69, 9.17) is 0 Å². The molecule has 0 spiro atoms. The lowest BCUT2D eigenvalue weighted by atomic mass is 10.3. The maximum absolute atomic E-state index is 11.6. The molecule has 0 radical (unpaired) electrons. The fourth-order valence-electron chi connectivity index (χ4n) is 1.60. The van der Waals surface area contributed by atoms with Crippen LogP contribution < -0.4 is 5.56 Å². The number of hydrogen-bond acceptors (Lipinski definition) is 3.